The molecule has 0 fully saturated rings. The van der Waals surface area contributed by atoms with Crippen LogP contribution in [0.5, 0.6) is 5.75 Å². The van der Waals surface area contributed by atoms with E-state index >= 15 is 0 Å². The Morgan fingerprint density at radius 2 is 1.90 bits per heavy atom. The normalized spacial score (nSPS) is 13.7. The highest BCUT2D eigenvalue weighted by molar-refractivity contribution is 5.92. The summed E-state index contributed by atoms with van der Waals surface area (Å²) in [4.78, 5) is 11.1. The number of aryl methyl sites for hydroxylation is 1. The van der Waals surface area contributed by atoms with Gasteiger partial charge in [0.2, 0.25) is 5.91 Å². The largest absolute Gasteiger partial charge is 0.481 e. The van der Waals surface area contributed by atoms with Crippen LogP contribution >= 0.6 is 0 Å². The average molecular weight is 288 g/mol. The molecule has 0 saturated carbocycles. The number of carbonyl (C=O) groups excluding carboxylic acids is 1. The van der Waals surface area contributed by atoms with Crippen molar-refractivity contribution in [2.75, 3.05) is 0 Å². The van der Waals surface area contributed by atoms with Crippen LogP contribution in [0.4, 0.5) is 0 Å². The number of primary amides is 1. The first-order valence-electron chi connectivity index (χ1n) is 6.89. The molecule has 4 N–H and O–H groups in total. The molecule has 1 amide bonds. The van der Waals surface area contributed by atoms with Crippen LogP contribution in [0.3, 0.4) is 0 Å². The number of hydrogen-bond acceptors (Lipinski definition) is 4. The number of furan rings is 1. The highest BCUT2D eigenvalue weighted by Gasteiger charge is 2.23. The summed E-state index contributed by atoms with van der Waals surface area (Å²) >= 11 is 0. The van der Waals surface area contributed by atoms with E-state index in [1.54, 1.807) is 24.3 Å². The summed E-state index contributed by atoms with van der Waals surface area (Å²) in [6.45, 7) is 3.87. The Kier molecular flexibility index (Phi) is 4.65. The minimum absolute atomic E-state index is 0.189. The first kappa shape index (κ1) is 15.1. The second kappa shape index (κ2) is 6.45. The minimum Gasteiger partial charge on any atom is -0.481 e. The molecular formula is C16H20N2O3. The molecular weight excluding hydrogens is 268 g/mol. The number of benzene rings is 1. The van der Waals surface area contributed by atoms with E-state index in [0.29, 0.717) is 17.1 Å². The van der Waals surface area contributed by atoms with E-state index in [1.165, 1.54) is 0 Å². The van der Waals surface area contributed by atoms with Crippen LogP contribution in [0.1, 0.15) is 41.3 Å². The molecule has 5 nitrogen and oxygen atoms in total. The summed E-state index contributed by atoms with van der Waals surface area (Å²) in [7, 11) is 0. The lowest BCUT2D eigenvalue weighted by Crippen LogP contribution is -2.31. The number of ether oxygens (including phenoxy) is 1. The molecule has 0 aliphatic rings. The van der Waals surface area contributed by atoms with Crippen LogP contribution in [-0.2, 0) is 0 Å². The van der Waals surface area contributed by atoms with E-state index < -0.39 is 5.91 Å². The van der Waals surface area contributed by atoms with Crippen LogP contribution in [0, 0.1) is 6.92 Å². The van der Waals surface area contributed by atoms with Crippen molar-refractivity contribution in [3.8, 4) is 5.75 Å². The Morgan fingerprint density at radius 1 is 1.24 bits per heavy atom. The number of nitrogens with two attached hydrogens (primary N) is 2. The zero-order valence-corrected chi connectivity index (χ0v) is 12.2. The fraction of sp³-hybridized carbons (Fsp3) is 0.312. The van der Waals surface area contributed by atoms with Crippen molar-refractivity contribution in [2.24, 2.45) is 11.5 Å². The van der Waals surface area contributed by atoms with Crippen molar-refractivity contribution in [3.63, 3.8) is 0 Å². The summed E-state index contributed by atoms with van der Waals surface area (Å²) in [5.74, 6) is 1.65. The third-order valence-corrected chi connectivity index (χ3v) is 3.30. The van der Waals surface area contributed by atoms with Crippen LogP contribution < -0.4 is 16.2 Å². The van der Waals surface area contributed by atoms with E-state index in [-0.39, 0.29) is 12.1 Å². The summed E-state index contributed by atoms with van der Waals surface area (Å²) < 4.78 is 11.6. The van der Waals surface area contributed by atoms with Gasteiger partial charge in [-0.2, -0.15) is 0 Å². The van der Waals surface area contributed by atoms with E-state index in [2.05, 4.69) is 0 Å². The molecule has 112 valence electrons. The molecule has 0 aliphatic heterocycles. The van der Waals surface area contributed by atoms with Gasteiger partial charge in [-0.15, -0.1) is 0 Å². The van der Waals surface area contributed by atoms with Crippen molar-refractivity contribution >= 4 is 5.91 Å². The number of hydrogen-bond donors (Lipinski definition) is 2. The lowest BCUT2D eigenvalue weighted by Gasteiger charge is -2.22. The molecule has 2 rings (SSSR count). The third-order valence-electron chi connectivity index (χ3n) is 3.30. The summed E-state index contributed by atoms with van der Waals surface area (Å²) in [6, 6.07) is 10.2. The average Bonchev–Trinajstić information content (AvgIpc) is 2.90. The summed E-state index contributed by atoms with van der Waals surface area (Å²) in [5.41, 5.74) is 11.8. The second-order valence-electron chi connectivity index (χ2n) is 4.95. The van der Waals surface area contributed by atoms with Gasteiger partial charge in [0.05, 0.1) is 0 Å². The zero-order chi connectivity index (χ0) is 15.4. The van der Waals surface area contributed by atoms with Gasteiger partial charge in [0.25, 0.3) is 0 Å². The lowest BCUT2D eigenvalue weighted by atomic mass is 10.1. The van der Waals surface area contributed by atoms with Crippen LogP contribution in [0.2, 0.25) is 0 Å². The molecule has 2 aromatic rings. The van der Waals surface area contributed by atoms with Gasteiger partial charge in [0.1, 0.15) is 17.3 Å². The standard InChI is InChI=1S/C16H20N2O3/c1-3-13(17)15(14-9-4-10(2)20-14)21-12-7-5-11(6-8-12)16(18)19/h4-9,13,15H,3,17H2,1-2H3,(H2,18,19). The van der Waals surface area contributed by atoms with Crippen LogP contribution in [-0.4, -0.2) is 11.9 Å². The van der Waals surface area contributed by atoms with E-state index in [9.17, 15) is 4.79 Å². The maximum absolute atomic E-state index is 11.1. The molecule has 2 unspecified atom stereocenters. The third kappa shape index (κ3) is 3.64. The fourth-order valence-electron chi connectivity index (χ4n) is 2.02. The van der Waals surface area contributed by atoms with E-state index in [4.69, 9.17) is 20.6 Å². The Labute approximate surface area is 123 Å². The molecule has 1 aromatic heterocycles. The maximum atomic E-state index is 11.1. The smallest absolute Gasteiger partial charge is 0.248 e. The Balaban J connectivity index is 2.20. The predicted molar refractivity (Wildman–Crippen MR) is 80.0 cm³/mol. The molecule has 1 heterocycles. The van der Waals surface area contributed by atoms with Gasteiger partial charge in [-0.3, -0.25) is 4.79 Å². The van der Waals surface area contributed by atoms with Gasteiger partial charge in [-0.1, -0.05) is 6.92 Å². The first-order chi connectivity index (χ1) is 10.0. The molecule has 0 saturated heterocycles. The zero-order valence-electron chi connectivity index (χ0n) is 12.2. The van der Waals surface area contributed by atoms with Gasteiger partial charge >= 0.3 is 0 Å². The van der Waals surface area contributed by atoms with Gasteiger partial charge in [0.15, 0.2) is 6.10 Å². The number of carbonyl (C=O) groups is 1. The van der Waals surface area contributed by atoms with E-state index in [1.807, 2.05) is 26.0 Å². The lowest BCUT2D eigenvalue weighted by molar-refractivity contribution is 0.1000. The van der Waals surface area contributed by atoms with Gasteiger partial charge in [-0.25, -0.2) is 0 Å². The van der Waals surface area contributed by atoms with Crippen molar-refractivity contribution in [1.82, 2.24) is 0 Å². The predicted octanol–water partition coefficient (Wildman–Crippen LogP) is 2.54. The van der Waals surface area contributed by atoms with Crippen LogP contribution in [0.25, 0.3) is 0 Å². The van der Waals surface area contributed by atoms with Gasteiger partial charge in [-0.05, 0) is 49.7 Å². The Morgan fingerprint density at radius 3 is 2.38 bits per heavy atom. The molecule has 5 heteroatoms. The Hall–Kier alpha value is -2.27. The van der Waals surface area contributed by atoms with Crippen LogP contribution in [0.15, 0.2) is 40.8 Å². The molecule has 0 radical (unpaired) electrons. The second-order valence-corrected chi connectivity index (χ2v) is 4.95. The fourth-order valence-corrected chi connectivity index (χ4v) is 2.02. The maximum Gasteiger partial charge on any atom is 0.248 e. The van der Waals surface area contributed by atoms with Crippen molar-refractivity contribution in [3.05, 3.63) is 53.5 Å². The highest BCUT2D eigenvalue weighted by atomic mass is 16.5. The minimum atomic E-state index is -0.468. The molecule has 2 atom stereocenters. The monoisotopic (exact) mass is 288 g/mol. The highest BCUT2D eigenvalue weighted by Crippen LogP contribution is 2.27. The molecule has 0 spiro atoms. The SMILES string of the molecule is CCC(N)C(Oc1ccc(C(N)=O)cc1)c1ccc(C)o1. The van der Waals surface area contributed by atoms with Crippen molar-refractivity contribution in [1.29, 1.82) is 0 Å². The quantitative estimate of drug-likeness (QED) is 0.854. The Bertz CT molecular complexity index is 604. The molecule has 21 heavy (non-hydrogen) atoms. The van der Waals surface area contributed by atoms with Crippen molar-refractivity contribution < 1.29 is 13.9 Å². The van der Waals surface area contributed by atoms with E-state index in [0.717, 1.165) is 12.2 Å². The summed E-state index contributed by atoms with van der Waals surface area (Å²) in [6.07, 6.45) is 0.382. The molecule has 1 aromatic carbocycles. The number of amides is 1. The van der Waals surface area contributed by atoms with Gasteiger partial charge < -0.3 is 20.6 Å². The first-order valence-corrected chi connectivity index (χ1v) is 6.89. The molecule has 0 aliphatic carbocycles. The molecule has 0 bridgehead atoms. The summed E-state index contributed by atoms with van der Waals surface area (Å²) in [5, 5.41) is 0. The number of rotatable bonds is 6. The topological polar surface area (TPSA) is 91.5 Å². The van der Waals surface area contributed by atoms with Crippen molar-refractivity contribution in [2.45, 2.75) is 32.4 Å². The van der Waals surface area contributed by atoms with Gasteiger partial charge in [0, 0.05) is 11.6 Å².